The van der Waals surface area contributed by atoms with Crippen LogP contribution in [-0.4, -0.2) is 12.4 Å². The van der Waals surface area contributed by atoms with E-state index in [1.807, 2.05) is 6.92 Å². The summed E-state index contributed by atoms with van der Waals surface area (Å²) in [6, 6.07) is 0. The molecule has 60 valence electrons. The van der Waals surface area contributed by atoms with Gasteiger partial charge in [0.2, 0.25) is 0 Å². The van der Waals surface area contributed by atoms with Crippen molar-refractivity contribution in [3.05, 3.63) is 0 Å². The van der Waals surface area contributed by atoms with Crippen molar-refractivity contribution in [2.24, 2.45) is 4.99 Å². The van der Waals surface area contributed by atoms with Crippen LogP contribution in [0.15, 0.2) is 4.99 Å². The van der Waals surface area contributed by atoms with Crippen molar-refractivity contribution in [2.75, 3.05) is 6.54 Å². The summed E-state index contributed by atoms with van der Waals surface area (Å²) in [6.07, 6.45) is -3.44. The fraction of sp³-hybridized carbons (Fsp3) is 0.750. The third-order valence-electron chi connectivity index (χ3n) is 0.619. The molecule has 0 aliphatic carbocycles. The third-order valence-corrected chi connectivity index (χ3v) is 1.51. The van der Waals surface area contributed by atoms with Gasteiger partial charge in [-0.1, -0.05) is 0 Å². The van der Waals surface area contributed by atoms with Crippen molar-refractivity contribution in [2.45, 2.75) is 13.8 Å². The molecule has 0 aromatic heterocycles. The molecule has 0 radical (unpaired) electrons. The molecule has 0 aromatic rings. The van der Waals surface area contributed by atoms with Crippen molar-refractivity contribution in [3.63, 3.8) is 0 Å². The predicted molar refractivity (Wildman–Crippen MR) is 44.0 cm³/mol. The van der Waals surface area contributed by atoms with E-state index in [0.717, 1.165) is 0 Å². The van der Waals surface area contributed by atoms with Crippen molar-refractivity contribution in [3.8, 4) is 0 Å². The van der Waals surface area contributed by atoms with E-state index in [1.165, 1.54) is 0 Å². The maximum atomic E-state index is 10.5. The van der Waals surface area contributed by atoms with Gasteiger partial charge < -0.3 is 4.52 Å². The van der Waals surface area contributed by atoms with Crippen LogP contribution in [0.25, 0.3) is 0 Å². The Balaban J connectivity index is 3.92. The second-order valence-electron chi connectivity index (χ2n) is 1.50. The van der Waals surface area contributed by atoms with E-state index in [-0.39, 0.29) is 5.90 Å². The molecule has 0 aromatic carbocycles. The standard InChI is InChI=1S/C4H8Cl2NO2P/c1-3-7-4(2)9-10(5,6)8/h3H2,1-2H3. The first kappa shape index (κ1) is 10.3. The maximum Gasteiger partial charge on any atom is 0.429 e. The lowest BCUT2D eigenvalue weighted by Gasteiger charge is -2.03. The normalized spacial score (nSPS) is 13.4. The molecule has 0 bridgehead atoms. The first-order valence-electron chi connectivity index (χ1n) is 2.65. The lowest BCUT2D eigenvalue weighted by atomic mass is 10.7. The van der Waals surface area contributed by atoms with Crippen molar-refractivity contribution in [1.82, 2.24) is 0 Å². The summed E-state index contributed by atoms with van der Waals surface area (Å²) < 4.78 is 15.0. The Morgan fingerprint density at radius 3 is 2.50 bits per heavy atom. The zero-order valence-corrected chi connectivity index (χ0v) is 8.08. The van der Waals surface area contributed by atoms with Crippen molar-refractivity contribution >= 4 is 34.5 Å². The Morgan fingerprint density at radius 2 is 2.20 bits per heavy atom. The topological polar surface area (TPSA) is 38.7 Å². The molecule has 3 nitrogen and oxygen atoms in total. The molecule has 0 amide bonds. The SMILES string of the molecule is CCN=C(C)OP(=O)(Cl)Cl. The van der Waals surface area contributed by atoms with Crippen molar-refractivity contribution in [1.29, 1.82) is 0 Å². The fourth-order valence-electron chi connectivity index (χ4n) is 0.405. The van der Waals surface area contributed by atoms with Gasteiger partial charge in [-0.25, -0.2) is 4.57 Å². The van der Waals surface area contributed by atoms with Crippen LogP contribution in [0.3, 0.4) is 0 Å². The second kappa shape index (κ2) is 4.22. The van der Waals surface area contributed by atoms with Crippen LogP contribution >= 0.6 is 28.6 Å². The van der Waals surface area contributed by atoms with E-state index in [4.69, 9.17) is 22.5 Å². The molecule has 0 atom stereocenters. The van der Waals surface area contributed by atoms with Gasteiger partial charge in [-0.3, -0.25) is 4.99 Å². The van der Waals surface area contributed by atoms with E-state index in [1.54, 1.807) is 6.92 Å². The van der Waals surface area contributed by atoms with Gasteiger partial charge in [0.15, 0.2) is 5.90 Å². The Hall–Kier alpha value is 0.280. The van der Waals surface area contributed by atoms with Crippen LogP contribution in [0, 0.1) is 0 Å². The van der Waals surface area contributed by atoms with Gasteiger partial charge in [0.25, 0.3) is 0 Å². The minimum atomic E-state index is -3.44. The minimum absolute atomic E-state index is 0.246. The summed E-state index contributed by atoms with van der Waals surface area (Å²) in [4.78, 5) is 3.76. The third kappa shape index (κ3) is 6.40. The van der Waals surface area contributed by atoms with Gasteiger partial charge in [0.05, 0.1) is 0 Å². The Labute approximate surface area is 69.4 Å². The van der Waals surface area contributed by atoms with Crippen LogP contribution in [0.5, 0.6) is 0 Å². The maximum absolute atomic E-state index is 10.5. The Bertz CT molecular complexity index is 176. The molecule has 0 heterocycles. The summed E-state index contributed by atoms with van der Waals surface area (Å²) in [7, 11) is 0. The molecule has 0 saturated heterocycles. The van der Waals surface area contributed by atoms with Gasteiger partial charge in [-0.05, 0) is 6.92 Å². The average Bonchev–Trinajstić information content (AvgIpc) is 1.59. The van der Waals surface area contributed by atoms with Crippen LogP contribution in [0.1, 0.15) is 13.8 Å². The lowest BCUT2D eigenvalue weighted by Crippen LogP contribution is -1.92. The molecular formula is C4H8Cl2NO2P. The molecule has 0 unspecified atom stereocenters. The van der Waals surface area contributed by atoms with E-state index >= 15 is 0 Å². The predicted octanol–water partition coefficient (Wildman–Crippen LogP) is 3.03. The molecule has 0 aliphatic rings. The molecule has 10 heavy (non-hydrogen) atoms. The highest BCUT2D eigenvalue weighted by atomic mass is 35.9. The second-order valence-corrected chi connectivity index (χ2v) is 5.70. The van der Waals surface area contributed by atoms with Crippen LogP contribution < -0.4 is 0 Å². The highest BCUT2D eigenvalue weighted by molar-refractivity contribution is 8.05. The summed E-state index contributed by atoms with van der Waals surface area (Å²) in [6.45, 7) is 3.92. The molecule has 0 spiro atoms. The number of hydrogen-bond donors (Lipinski definition) is 0. The quantitative estimate of drug-likeness (QED) is 0.393. The van der Waals surface area contributed by atoms with E-state index < -0.39 is 6.07 Å². The molecular weight excluding hydrogens is 196 g/mol. The van der Waals surface area contributed by atoms with Crippen LogP contribution in [0.2, 0.25) is 0 Å². The first-order valence-corrected chi connectivity index (χ1v) is 6.09. The van der Waals surface area contributed by atoms with Gasteiger partial charge in [-0.2, -0.15) is 0 Å². The lowest BCUT2D eigenvalue weighted by molar-refractivity contribution is 0.506. The van der Waals surface area contributed by atoms with Crippen molar-refractivity contribution < 1.29 is 9.09 Å². The van der Waals surface area contributed by atoms with Gasteiger partial charge >= 0.3 is 6.07 Å². The first-order chi connectivity index (χ1) is 4.45. The number of rotatable bonds is 2. The average molecular weight is 204 g/mol. The molecule has 0 aliphatic heterocycles. The number of aliphatic imine (C=N–C) groups is 1. The monoisotopic (exact) mass is 203 g/mol. The summed E-state index contributed by atoms with van der Waals surface area (Å²) in [5.41, 5.74) is 0. The molecule has 0 fully saturated rings. The van der Waals surface area contributed by atoms with Gasteiger partial charge in [-0.15, -0.1) is 0 Å². The van der Waals surface area contributed by atoms with E-state index in [2.05, 4.69) is 9.52 Å². The molecule has 0 saturated carbocycles. The van der Waals surface area contributed by atoms with Gasteiger partial charge in [0, 0.05) is 36.0 Å². The largest absolute Gasteiger partial charge is 0.429 e. The van der Waals surface area contributed by atoms with Crippen LogP contribution in [0.4, 0.5) is 0 Å². The number of halogens is 2. The fourth-order valence-corrected chi connectivity index (χ4v) is 1.37. The summed E-state index contributed by atoms with van der Waals surface area (Å²) >= 11 is 10.2. The summed E-state index contributed by atoms with van der Waals surface area (Å²) in [5.74, 6) is 0.246. The smallest absolute Gasteiger partial charge is 0.409 e. The van der Waals surface area contributed by atoms with Gasteiger partial charge in [0.1, 0.15) is 0 Å². The Kier molecular flexibility index (Phi) is 4.34. The molecule has 6 heteroatoms. The summed E-state index contributed by atoms with van der Waals surface area (Å²) in [5, 5.41) is 0. The van der Waals surface area contributed by atoms with Crippen LogP contribution in [-0.2, 0) is 9.09 Å². The highest BCUT2D eigenvalue weighted by Gasteiger charge is 2.15. The minimum Gasteiger partial charge on any atom is -0.409 e. The van der Waals surface area contributed by atoms with E-state index in [9.17, 15) is 4.57 Å². The van der Waals surface area contributed by atoms with E-state index in [0.29, 0.717) is 6.54 Å². The highest BCUT2D eigenvalue weighted by Crippen LogP contribution is 2.57. The zero-order valence-electron chi connectivity index (χ0n) is 5.67. The zero-order chi connectivity index (χ0) is 8.20. The number of hydrogen-bond acceptors (Lipinski definition) is 3. The molecule has 0 N–H and O–H groups in total. The number of nitrogens with zero attached hydrogens (tertiary/aromatic N) is 1. The Morgan fingerprint density at radius 1 is 1.70 bits per heavy atom. The molecule has 0 rings (SSSR count).